The van der Waals surface area contributed by atoms with E-state index in [0.29, 0.717) is 17.3 Å². The molecule has 2 aliphatic heterocycles. The number of amides is 3. The highest BCUT2D eigenvalue weighted by Crippen LogP contribution is 2.41. The van der Waals surface area contributed by atoms with Crippen LogP contribution in [-0.2, 0) is 10.5 Å². The van der Waals surface area contributed by atoms with Gasteiger partial charge in [-0.2, -0.15) is 0 Å². The summed E-state index contributed by atoms with van der Waals surface area (Å²) in [4.78, 5) is 29.8. The van der Waals surface area contributed by atoms with Crippen molar-refractivity contribution < 1.29 is 14.7 Å². The fraction of sp³-hybridized carbons (Fsp3) is 0.391. The summed E-state index contributed by atoms with van der Waals surface area (Å²) in [5.41, 5.74) is -1.35. The zero-order valence-corrected chi connectivity index (χ0v) is 19.1. The topological polar surface area (TPSA) is 84.9 Å². The quantitative estimate of drug-likeness (QED) is 0.545. The van der Waals surface area contributed by atoms with Crippen molar-refractivity contribution in [3.8, 4) is 0 Å². The Morgan fingerprint density at radius 3 is 2.59 bits per heavy atom. The SMILES string of the molecule is O=C1Nc2ccccc2[C@@](O)(C(=O)NCCCN2CCCCC2)N1c1ccc(Cl)c(Cl)c1. The van der Waals surface area contributed by atoms with Crippen LogP contribution in [0.4, 0.5) is 16.2 Å². The maximum absolute atomic E-state index is 13.4. The molecule has 0 aromatic heterocycles. The van der Waals surface area contributed by atoms with Gasteiger partial charge >= 0.3 is 6.03 Å². The third-order valence-corrected chi connectivity index (χ3v) is 6.67. The van der Waals surface area contributed by atoms with Crippen LogP contribution in [0.15, 0.2) is 42.5 Å². The van der Waals surface area contributed by atoms with E-state index in [-0.39, 0.29) is 16.3 Å². The number of aliphatic hydroxyl groups is 1. The molecule has 3 N–H and O–H groups in total. The number of piperidine rings is 1. The van der Waals surface area contributed by atoms with Gasteiger partial charge in [0, 0.05) is 12.1 Å². The molecule has 2 aromatic carbocycles. The molecule has 4 rings (SSSR count). The Morgan fingerprint density at radius 1 is 1.09 bits per heavy atom. The monoisotopic (exact) mass is 476 g/mol. The number of para-hydroxylation sites is 1. The Balaban J connectivity index is 1.59. The van der Waals surface area contributed by atoms with Crippen molar-refractivity contribution in [1.29, 1.82) is 0 Å². The third kappa shape index (κ3) is 4.43. The predicted molar refractivity (Wildman–Crippen MR) is 126 cm³/mol. The average molecular weight is 477 g/mol. The summed E-state index contributed by atoms with van der Waals surface area (Å²) in [6.07, 6.45) is 4.43. The van der Waals surface area contributed by atoms with Gasteiger partial charge < -0.3 is 20.6 Å². The lowest BCUT2D eigenvalue weighted by Crippen LogP contribution is -2.62. The Hall–Kier alpha value is -2.32. The summed E-state index contributed by atoms with van der Waals surface area (Å²) in [5, 5.41) is 17.8. The average Bonchev–Trinajstić information content (AvgIpc) is 2.79. The molecule has 2 heterocycles. The number of nitrogens with zero attached hydrogens (tertiary/aromatic N) is 2. The molecule has 9 heteroatoms. The molecule has 1 atom stereocenters. The van der Waals surface area contributed by atoms with Crippen molar-refractivity contribution in [3.63, 3.8) is 0 Å². The Labute approximate surface area is 197 Å². The summed E-state index contributed by atoms with van der Waals surface area (Å²) in [5.74, 6) is -0.676. The fourth-order valence-corrected chi connectivity index (χ4v) is 4.59. The number of carbonyl (C=O) groups excluding carboxylic acids is 2. The van der Waals surface area contributed by atoms with Gasteiger partial charge in [-0.1, -0.05) is 47.8 Å². The van der Waals surface area contributed by atoms with E-state index >= 15 is 0 Å². The number of benzene rings is 2. The van der Waals surface area contributed by atoms with Crippen LogP contribution in [0.2, 0.25) is 10.0 Å². The van der Waals surface area contributed by atoms with Gasteiger partial charge in [-0.05, 0) is 63.2 Å². The molecule has 0 saturated carbocycles. The van der Waals surface area contributed by atoms with Gasteiger partial charge in [-0.3, -0.25) is 9.69 Å². The number of likely N-dealkylation sites (tertiary alicyclic amines) is 1. The van der Waals surface area contributed by atoms with Gasteiger partial charge in [0.15, 0.2) is 0 Å². The number of halogens is 2. The molecule has 0 spiro atoms. The number of urea groups is 1. The summed E-state index contributed by atoms with van der Waals surface area (Å²) in [7, 11) is 0. The Kier molecular flexibility index (Phi) is 6.90. The molecular weight excluding hydrogens is 451 g/mol. The van der Waals surface area contributed by atoms with Crippen molar-refractivity contribution in [2.24, 2.45) is 0 Å². The molecule has 2 aromatic rings. The molecule has 170 valence electrons. The number of rotatable bonds is 6. The second-order valence-electron chi connectivity index (χ2n) is 8.09. The molecular formula is C23H26Cl2N4O3. The molecule has 1 saturated heterocycles. The number of nitrogens with one attached hydrogen (secondary N) is 2. The first-order valence-electron chi connectivity index (χ1n) is 10.8. The second-order valence-corrected chi connectivity index (χ2v) is 8.91. The normalized spacial score (nSPS) is 21.1. The standard InChI is InChI=1S/C23H26Cl2N4O3/c24-18-10-9-16(15-19(18)25)29-22(31)27-20-8-3-2-7-17(20)23(29,32)21(30)26-11-6-14-28-12-4-1-5-13-28/h2-3,7-10,15,32H,1,4-6,11-14H2,(H,26,30)(H,27,31)/t23-/m1/s1. The first-order chi connectivity index (χ1) is 15.4. The van der Waals surface area contributed by atoms with Crippen molar-refractivity contribution >= 4 is 46.5 Å². The predicted octanol–water partition coefficient (Wildman–Crippen LogP) is 4.18. The van der Waals surface area contributed by atoms with E-state index in [9.17, 15) is 14.7 Å². The van der Waals surface area contributed by atoms with Gasteiger partial charge in [0.2, 0.25) is 0 Å². The minimum absolute atomic E-state index is 0.208. The van der Waals surface area contributed by atoms with Crippen molar-refractivity contribution in [3.05, 3.63) is 58.1 Å². The molecule has 0 bridgehead atoms. The zero-order chi connectivity index (χ0) is 22.7. The van der Waals surface area contributed by atoms with Crippen LogP contribution in [0.25, 0.3) is 0 Å². The molecule has 3 amide bonds. The van der Waals surface area contributed by atoms with Crippen molar-refractivity contribution in [2.45, 2.75) is 31.4 Å². The maximum Gasteiger partial charge on any atom is 0.329 e. The van der Waals surface area contributed by atoms with E-state index in [2.05, 4.69) is 15.5 Å². The van der Waals surface area contributed by atoms with Crippen LogP contribution in [0.5, 0.6) is 0 Å². The van der Waals surface area contributed by atoms with Crippen LogP contribution >= 0.6 is 23.2 Å². The van der Waals surface area contributed by atoms with Crippen molar-refractivity contribution in [1.82, 2.24) is 10.2 Å². The first-order valence-corrected chi connectivity index (χ1v) is 11.6. The highest BCUT2D eigenvalue weighted by molar-refractivity contribution is 6.42. The lowest BCUT2D eigenvalue weighted by molar-refractivity contribution is -0.140. The van der Waals surface area contributed by atoms with Crippen LogP contribution in [0.3, 0.4) is 0 Å². The Morgan fingerprint density at radius 2 is 1.84 bits per heavy atom. The molecule has 0 unspecified atom stereocenters. The van der Waals surface area contributed by atoms with E-state index in [4.69, 9.17) is 23.2 Å². The van der Waals surface area contributed by atoms with E-state index < -0.39 is 17.7 Å². The van der Waals surface area contributed by atoms with Gasteiger partial charge in [0.1, 0.15) is 0 Å². The summed E-state index contributed by atoms with van der Waals surface area (Å²) in [6, 6.07) is 10.6. The molecule has 0 aliphatic carbocycles. The molecule has 7 nitrogen and oxygen atoms in total. The minimum atomic E-state index is -2.25. The van der Waals surface area contributed by atoms with Crippen molar-refractivity contribution in [2.75, 3.05) is 36.4 Å². The third-order valence-electron chi connectivity index (χ3n) is 5.93. The van der Waals surface area contributed by atoms with Crippen LogP contribution in [0.1, 0.15) is 31.2 Å². The molecule has 32 heavy (non-hydrogen) atoms. The van der Waals surface area contributed by atoms with Gasteiger partial charge in [0.25, 0.3) is 11.6 Å². The van der Waals surface area contributed by atoms with E-state index in [1.54, 1.807) is 24.3 Å². The summed E-state index contributed by atoms with van der Waals surface area (Å²) < 4.78 is 0. The largest absolute Gasteiger partial charge is 0.359 e. The van der Waals surface area contributed by atoms with E-state index in [1.807, 2.05) is 0 Å². The Bertz CT molecular complexity index is 1010. The molecule has 0 radical (unpaired) electrons. The van der Waals surface area contributed by atoms with Crippen LogP contribution in [0, 0.1) is 0 Å². The van der Waals surface area contributed by atoms with Gasteiger partial charge in [0.05, 0.1) is 21.4 Å². The first kappa shape index (κ1) is 22.9. The number of anilines is 2. The zero-order valence-electron chi connectivity index (χ0n) is 17.6. The second kappa shape index (κ2) is 9.67. The van der Waals surface area contributed by atoms with Crippen LogP contribution in [-0.4, -0.2) is 48.1 Å². The van der Waals surface area contributed by atoms with E-state index in [1.165, 1.54) is 37.5 Å². The number of hydrogen-bond acceptors (Lipinski definition) is 4. The highest BCUT2D eigenvalue weighted by Gasteiger charge is 2.51. The number of fused-ring (bicyclic) bond motifs is 1. The molecule has 2 aliphatic rings. The van der Waals surface area contributed by atoms with E-state index in [0.717, 1.165) is 31.0 Å². The lowest BCUT2D eigenvalue weighted by Gasteiger charge is -2.42. The highest BCUT2D eigenvalue weighted by atomic mass is 35.5. The van der Waals surface area contributed by atoms with Crippen LogP contribution < -0.4 is 15.5 Å². The summed E-state index contributed by atoms with van der Waals surface area (Å²) in [6.45, 7) is 3.43. The smallest absolute Gasteiger partial charge is 0.329 e. The summed E-state index contributed by atoms with van der Waals surface area (Å²) >= 11 is 12.2. The maximum atomic E-state index is 13.4. The minimum Gasteiger partial charge on any atom is -0.359 e. The molecule has 1 fully saturated rings. The number of carbonyl (C=O) groups is 2. The number of hydrogen-bond donors (Lipinski definition) is 3. The van der Waals surface area contributed by atoms with Gasteiger partial charge in [-0.25, -0.2) is 4.79 Å². The lowest BCUT2D eigenvalue weighted by atomic mass is 9.94. The van der Waals surface area contributed by atoms with Gasteiger partial charge in [-0.15, -0.1) is 0 Å². The fourth-order valence-electron chi connectivity index (χ4n) is 4.30.